The highest BCUT2D eigenvalue weighted by atomic mass is 16.6. The summed E-state index contributed by atoms with van der Waals surface area (Å²) in [5, 5.41) is 38.8. The fourth-order valence-corrected chi connectivity index (χ4v) is 4.19. The van der Waals surface area contributed by atoms with Crippen LogP contribution in [0.5, 0.6) is 0 Å². The van der Waals surface area contributed by atoms with Gasteiger partial charge in [-0.1, -0.05) is 33.6 Å². The van der Waals surface area contributed by atoms with Crippen LogP contribution in [-0.4, -0.2) is 60.6 Å². The van der Waals surface area contributed by atoms with E-state index in [1.807, 2.05) is 6.07 Å². The van der Waals surface area contributed by atoms with Gasteiger partial charge in [-0.05, 0) is 18.6 Å². The van der Waals surface area contributed by atoms with Gasteiger partial charge in [0.1, 0.15) is 30.1 Å². The molecular weight excluding hydrogens is 430 g/mol. The Morgan fingerprint density at radius 2 is 2.15 bits per heavy atom. The van der Waals surface area contributed by atoms with E-state index in [1.165, 1.54) is 16.9 Å². The van der Waals surface area contributed by atoms with E-state index in [9.17, 15) is 25.1 Å². The summed E-state index contributed by atoms with van der Waals surface area (Å²) in [6.07, 6.45) is 0.444. The van der Waals surface area contributed by atoms with Crippen LogP contribution in [0.4, 0.5) is 5.82 Å². The number of ether oxygens (including phenoxy) is 2. The van der Waals surface area contributed by atoms with Crippen LogP contribution in [0.2, 0.25) is 0 Å². The number of nitrogens with zero attached hydrogens (tertiary/aromatic N) is 4. The Labute approximate surface area is 190 Å². The third kappa shape index (κ3) is 3.55. The first-order chi connectivity index (χ1) is 15.7. The predicted octanol–water partition coefficient (Wildman–Crippen LogP) is 1.04. The lowest BCUT2D eigenvalue weighted by molar-refractivity contribution is -0.162. The highest BCUT2D eigenvalue weighted by Gasteiger charge is 2.84. The molecule has 1 amide bonds. The number of rotatable bonds is 8. The van der Waals surface area contributed by atoms with Crippen LogP contribution in [0.15, 0.2) is 18.5 Å². The van der Waals surface area contributed by atoms with E-state index in [1.54, 1.807) is 19.9 Å². The smallest absolute Gasteiger partial charge is 0.308 e. The first-order valence-electron chi connectivity index (χ1n) is 11.0. The number of carbonyl (C=O) groups excluding carboxylic acids is 2. The molecule has 1 unspecified atom stereocenters. The molecule has 2 aromatic heterocycles. The summed E-state index contributed by atoms with van der Waals surface area (Å²) < 4.78 is 12.4. The zero-order valence-corrected chi connectivity index (χ0v) is 18.7. The summed E-state index contributed by atoms with van der Waals surface area (Å²) in [7, 11) is 0. The Morgan fingerprint density at radius 1 is 1.39 bits per heavy atom. The second kappa shape index (κ2) is 8.37. The summed E-state index contributed by atoms with van der Waals surface area (Å²) in [6.45, 7) is 5.34. The lowest BCUT2D eigenvalue weighted by Gasteiger charge is -2.29. The number of aliphatic hydroxyl groups is 2. The first kappa shape index (κ1) is 23.1. The number of aromatic nitrogens is 3. The van der Waals surface area contributed by atoms with E-state index in [-0.39, 0.29) is 17.4 Å². The molecular formula is C22H27N5O6. The summed E-state index contributed by atoms with van der Waals surface area (Å²) in [6, 6.07) is 5.07. The van der Waals surface area contributed by atoms with Gasteiger partial charge >= 0.3 is 5.97 Å². The number of amides is 1. The standard InChI is InChI=1S/C22H27N5O6/c1-4-5-6-7-15(28)26-18-13-8-9-14(27(13)25-11-24-18)21(10-23)20(30)22(31)16(17(22)33-21)32-19(29)12(2)3/h8-9,11-12,16-17,20,30-31H,4-7H2,1-3H3,(H,24,25,26,28)/t16?,17-,20+,21+,22-/m1/s1. The van der Waals surface area contributed by atoms with Gasteiger partial charge in [0, 0.05) is 6.42 Å². The molecule has 3 N–H and O–H groups in total. The molecule has 1 saturated heterocycles. The summed E-state index contributed by atoms with van der Waals surface area (Å²) in [4.78, 5) is 28.3. The Balaban J connectivity index is 1.60. The van der Waals surface area contributed by atoms with Gasteiger partial charge in [0.25, 0.3) is 0 Å². The first-order valence-corrected chi connectivity index (χ1v) is 11.0. The lowest BCUT2D eigenvalue weighted by atomic mass is 9.90. The number of aliphatic hydroxyl groups excluding tert-OH is 1. The minimum Gasteiger partial charge on any atom is -0.456 e. The van der Waals surface area contributed by atoms with E-state index in [2.05, 4.69) is 22.3 Å². The third-order valence-electron chi connectivity index (χ3n) is 6.19. The molecule has 33 heavy (non-hydrogen) atoms. The number of fused-ring (bicyclic) bond motifs is 2. The Kier molecular flexibility index (Phi) is 5.86. The quantitative estimate of drug-likeness (QED) is 0.389. The molecule has 2 aliphatic rings. The fraction of sp³-hybridized carbons (Fsp3) is 0.591. The molecule has 1 aliphatic carbocycles. The maximum Gasteiger partial charge on any atom is 0.308 e. The summed E-state index contributed by atoms with van der Waals surface area (Å²) in [5.41, 5.74) is -3.31. The number of hydrogen-bond acceptors (Lipinski definition) is 9. The van der Waals surface area contributed by atoms with Crippen molar-refractivity contribution < 1.29 is 29.3 Å². The maximum absolute atomic E-state index is 12.3. The van der Waals surface area contributed by atoms with Crippen molar-refractivity contribution in [2.45, 2.75) is 76.0 Å². The molecule has 1 aliphatic heterocycles. The Bertz CT molecular complexity index is 1130. The molecule has 2 aromatic rings. The Hall–Kier alpha value is -3.07. The largest absolute Gasteiger partial charge is 0.456 e. The molecule has 176 valence electrons. The van der Waals surface area contributed by atoms with Crippen LogP contribution in [0.3, 0.4) is 0 Å². The molecule has 11 nitrogen and oxygen atoms in total. The van der Waals surface area contributed by atoms with E-state index < -0.39 is 41.4 Å². The number of anilines is 1. The van der Waals surface area contributed by atoms with E-state index in [0.29, 0.717) is 11.9 Å². The summed E-state index contributed by atoms with van der Waals surface area (Å²) >= 11 is 0. The van der Waals surface area contributed by atoms with Crippen LogP contribution in [0.1, 0.15) is 52.1 Å². The van der Waals surface area contributed by atoms with Gasteiger partial charge < -0.3 is 25.0 Å². The number of hydrogen-bond donors (Lipinski definition) is 3. The van der Waals surface area contributed by atoms with Crippen molar-refractivity contribution >= 4 is 23.2 Å². The second-order valence-electron chi connectivity index (χ2n) is 8.82. The van der Waals surface area contributed by atoms with Crippen molar-refractivity contribution in [3.63, 3.8) is 0 Å². The molecule has 3 heterocycles. The monoisotopic (exact) mass is 457 g/mol. The number of carbonyl (C=O) groups is 2. The number of esters is 1. The number of nitrogens with one attached hydrogen (secondary N) is 1. The van der Waals surface area contributed by atoms with Gasteiger partial charge in [0.15, 0.2) is 17.5 Å². The van der Waals surface area contributed by atoms with Crippen molar-refractivity contribution in [2.75, 3.05) is 5.32 Å². The maximum atomic E-state index is 12.3. The molecule has 1 saturated carbocycles. The SMILES string of the molecule is CCCCCC(=O)Nc1ncnn2c([C@]3(C#N)O[C@@H]4C(OC(=O)C(C)C)[C@]4(O)[C@H]3O)ccc12. The molecule has 0 radical (unpaired) electrons. The van der Waals surface area contributed by atoms with Gasteiger partial charge in [-0.15, -0.1) is 0 Å². The average Bonchev–Trinajstić information content (AvgIpc) is 3.06. The number of unbranched alkanes of at least 4 members (excludes halogenated alkanes) is 2. The number of nitriles is 1. The molecule has 0 spiro atoms. The van der Waals surface area contributed by atoms with Gasteiger partial charge in [-0.3, -0.25) is 9.59 Å². The minimum atomic E-state index is -1.96. The van der Waals surface area contributed by atoms with Crippen LogP contribution >= 0.6 is 0 Å². The zero-order chi connectivity index (χ0) is 24.0. The molecule has 4 rings (SSSR count). The van der Waals surface area contributed by atoms with Gasteiger partial charge in [-0.25, -0.2) is 9.50 Å². The molecule has 2 fully saturated rings. The molecule has 0 aromatic carbocycles. The zero-order valence-electron chi connectivity index (χ0n) is 18.7. The van der Waals surface area contributed by atoms with Crippen molar-refractivity contribution in [1.29, 1.82) is 5.26 Å². The Morgan fingerprint density at radius 3 is 2.76 bits per heavy atom. The van der Waals surface area contributed by atoms with E-state index in [0.717, 1.165) is 19.3 Å². The van der Waals surface area contributed by atoms with Crippen molar-refractivity contribution in [3.8, 4) is 6.07 Å². The highest BCUT2D eigenvalue weighted by molar-refractivity contribution is 5.93. The fourth-order valence-electron chi connectivity index (χ4n) is 4.19. The predicted molar refractivity (Wildman–Crippen MR) is 114 cm³/mol. The average molecular weight is 457 g/mol. The second-order valence-corrected chi connectivity index (χ2v) is 8.82. The van der Waals surface area contributed by atoms with Crippen molar-refractivity contribution in [1.82, 2.24) is 14.6 Å². The molecule has 0 bridgehead atoms. The lowest BCUT2D eigenvalue weighted by Crippen LogP contribution is -2.47. The topological polar surface area (TPSA) is 159 Å². The van der Waals surface area contributed by atoms with Crippen LogP contribution in [-0.2, 0) is 24.7 Å². The molecule has 5 atom stereocenters. The van der Waals surface area contributed by atoms with E-state index >= 15 is 0 Å². The van der Waals surface area contributed by atoms with Gasteiger partial charge in [0.2, 0.25) is 11.5 Å². The minimum absolute atomic E-state index is 0.158. The van der Waals surface area contributed by atoms with Crippen LogP contribution in [0, 0.1) is 17.2 Å². The van der Waals surface area contributed by atoms with Crippen molar-refractivity contribution in [3.05, 3.63) is 24.2 Å². The normalized spacial score (nSPS) is 30.2. The highest BCUT2D eigenvalue weighted by Crippen LogP contribution is 2.59. The van der Waals surface area contributed by atoms with Gasteiger partial charge in [0.05, 0.1) is 11.6 Å². The summed E-state index contributed by atoms with van der Waals surface area (Å²) in [5.74, 6) is -0.897. The van der Waals surface area contributed by atoms with Gasteiger partial charge in [-0.2, -0.15) is 10.4 Å². The van der Waals surface area contributed by atoms with Crippen molar-refractivity contribution in [2.24, 2.45) is 5.92 Å². The van der Waals surface area contributed by atoms with Crippen LogP contribution in [0.25, 0.3) is 5.52 Å². The van der Waals surface area contributed by atoms with Crippen LogP contribution < -0.4 is 5.32 Å². The third-order valence-corrected chi connectivity index (χ3v) is 6.19. The molecule has 11 heteroatoms. The van der Waals surface area contributed by atoms with E-state index in [4.69, 9.17) is 9.47 Å².